The molecule has 0 bridgehead atoms. The van der Waals surface area contributed by atoms with E-state index in [1.165, 1.54) is 11.1 Å². The number of hydrogen-bond donors (Lipinski definition) is 1. The molecule has 0 spiro atoms. The van der Waals surface area contributed by atoms with E-state index in [9.17, 15) is 4.55 Å². The summed E-state index contributed by atoms with van der Waals surface area (Å²) in [6.07, 6.45) is 1.05. The van der Waals surface area contributed by atoms with Crippen LogP contribution in [0.4, 0.5) is 0 Å². The molecule has 0 aliphatic heterocycles. The topological polar surface area (TPSA) is 35.1 Å². The lowest BCUT2D eigenvalue weighted by atomic mass is 10.1. The zero-order valence-electron chi connectivity index (χ0n) is 11.4. The highest BCUT2D eigenvalue weighted by Gasteiger charge is 2.28. The van der Waals surface area contributed by atoms with E-state index in [4.69, 9.17) is 0 Å². The Morgan fingerprint density at radius 2 is 1.76 bits per heavy atom. The van der Waals surface area contributed by atoms with E-state index in [0.717, 1.165) is 6.42 Å². The molecule has 0 fully saturated rings. The number of hydrogen-bond acceptors (Lipinski definition) is 2. The van der Waals surface area contributed by atoms with Crippen LogP contribution in [0.25, 0.3) is 0 Å². The minimum atomic E-state index is -1.03. The second-order valence-corrected chi connectivity index (χ2v) is 7.31. The van der Waals surface area contributed by atoms with Crippen LogP contribution in [0.1, 0.15) is 51.8 Å². The van der Waals surface area contributed by atoms with Crippen molar-refractivity contribution < 1.29 is 4.55 Å². The van der Waals surface area contributed by atoms with Crippen molar-refractivity contribution in [3.05, 3.63) is 35.4 Å². The molecule has 0 aliphatic carbocycles. The highest BCUT2D eigenvalue weighted by Crippen LogP contribution is 2.20. The minimum absolute atomic E-state index is 0.112. The van der Waals surface area contributed by atoms with Gasteiger partial charge in [-0.2, -0.15) is 0 Å². The van der Waals surface area contributed by atoms with E-state index < -0.39 is 11.4 Å². The van der Waals surface area contributed by atoms with Crippen LogP contribution >= 0.6 is 0 Å². The largest absolute Gasteiger partial charge is 0.598 e. The van der Waals surface area contributed by atoms with E-state index in [1.54, 1.807) is 0 Å². The van der Waals surface area contributed by atoms with Crippen LogP contribution < -0.4 is 4.72 Å². The molecule has 0 heterocycles. The van der Waals surface area contributed by atoms with Crippen LogP contribution in [-0.2, 0) is 17.8 Å². The Morgan fingerprint density at radius 1 is 1.24 bits per heavy atom. The van der Waals surface area contributed by atoms with Gasteiger partial charge in [-0.25, -0.2) is 0 Å². The third kappa shape index (κ3) is 4.34. The van der Waals surface area contributed by atoms with E-state index in [0.29, 0.717) is 0 Å². The molecule has 0 amide bonds. The van der Waals surface area contributed by atoms with Gasteiger partial charge in [0.05, 0.1) is 6.04 Å². The molecule has 2 nitrogen and oxygen atoms in total. The molecule has 1 aromatic rings. The van der Waals surface area contributed by atoms with Crippen LogP contribution in [0, 0.1) is 0 Å². The van der Waals surface area contributed by atoms with Gasteiger partial charge in [-0.05, 0) is 45.2 Å². The lowest BCUT2D eigenvalue weighted by molar-refractivity contribution is 0.531. The summed E-state index contributed by atoms with van der Waals surface area (Å²) in [6.45, 7) is 10.1. The van der Waals surface area contributed by atoms with Gasteiger partial charge in [0.15, 0.2) is 0 Å². The summed E-state index contributed by atoms with van der Waals surface area (Å²) in [5.74, 6) is 0. The second-order valence-electron chi connectivity index (χ2n) is 5.32. The third-order valence-electron chi connectivity index (χ3n) is 2.73. The van der Waals surface area contributed by atoms with E-state index in [2.05, 4.69) is 35.9 Å². The van der Waals surface area contributed by atoms with Crippen molar-refractivity contribution >= 4 is 11.4 Å². The Morgan fingerprint density at radius 3 is 2.18 bits per heavy atom. The predicted molar refractivity (Wildman–Crippen MR) is 75.3 cm³/mol. The minimum Gasteiger partial charge on any atom is -0.598 e. The summed E-state index contributed by atoms with van der Waals surface area (Å²) < 4.78 is 14.9. The summed E-state index contributed by atoms with van der Waals surface area (Å²) in [7, 11) is 0. The molecule has 1 rings (SSSR count). The monoisotopic (exact) mass is 253 g/mol. The zero-order valence-corrected chi connectivity index (χ0v) is 12.2. The van der Waals surface area contributed by atoms with Gasteiger partial charge in [0.1, 0.15) is 4.75 Å². The van der Waals surface area contributed by atoms with Crippen LogP contribution in [0.5, 0.6) is 0 Å². The van der Waals surface area contributed by atoms with Crippen molar-refractivity contribution in [2.24, 2.45) is 0 Å². The van der Waals surface area contributed by atoms with Gasteiger partial charge in [-0.15, -0.1) is 4.72 Å². The third-order valence-corrected chi connectivity index (χ3v) is 4.41. The van der Waals surface area contributed by atoms with E-state index in [1.807, 2.05) is 27.7 Å². The number of rotatable bonds is 4. The predicted octanol–water partition coefficient (Wildman–Crippen LogP) is 3.36. The quantitative estimate of drug-likeness (QED) is 0.835. The maximum absolute atomic E-state index is 12.0. The number of benzene rings is 1. The van der Waals surface area contributed by atoms with E-state index in [-0.39, 0.29) is 10.8 Å². The summed E-state index contributed by atoms with van der Waals surface area (Å²) in [4.78, 5) is 0. The van der Waals surface area contributed by atoms with Crippen molar-refractivity contribution in [3.63, 3.8) is 0 Å². The van der Waals surface area contributed by atoms with Gasteiger partial charge >= 0.3 is 0 Å². The maximum atomic E-state index is 12.0. The van der Waals surface area contributed by atoms with Crippen LogP contribution in [-0.4, -0.2) is 9.30 Å². The molecule has 1 N–H and O–H groups in total. The van der Waals surface area contributed by atoms with Crippen molar-refractivity contribution in [2.45, 2.75) is 51.8 Å². The lowest BCUT2D eigenvalue weighted by Crippen LogP contribution is -2.40. The van der Waals surface area contributed by atoms with Crippen molar-refractivity contribution in [3.8, 4) is 0 Å². The summed E-state index contributed by atoms with van der Waals surface area (Å²) in [6, 6.07) is 8.59. The average molecular weight is 253 g/mol. The van der Waals surface area contributed by atoms with Crippen LogP contribution in [0.3, 0.4) is 0 Å². The number of nitrogens with one attached hydrogen (secondary N) is 1. The van der Waals surface area contributed by atoms with E-state index >= 15 is 0 Å². The molecule has 0 unspecified atom stereocenters. The van der Waals surface area contributed by atoms with Crippen molar-refractivity contribution in [1.82, 2.24) is 4.72 Å². The fraction of sp³-hybridized carbons (Fsp3) is 0.571. The molecule has 0 saturated heterocycles. The first-order valence-corrected chi connectivity index (χ1v) is 7.26. The first-order chi connectivity index (χ1) is 7.84. The first kappa shape index (κ1) is 14.6. The van der Waals surface area contributed by atoms with Crippen molar-refractivity contribution in [2.75, 3.05) is 0 Å². The average Bonchev–Trinajstić information content (AvgIpc) is 2.27. The molecule has 0 aromatic heterocycles. The zero-order chi connectivity index (χ0) is 13.1. The summed E-state index contributed by atoms with van der Waals surface area (Å²) in [5, 5.41) is 0. The Balaban J connectivity index is 2.66. The summed E-state index contributed by atoms with van der Waals surface area (Å²) in [5.41, 5.74) is 2.51. The first-order valence-electron chi connectivity index (χ1n) is 6.11. The maximum Gasteiger partial charge on any atom is 0.136 e. The van der Waals surface area contributed by atoms with Crippen LogP contribution in [0.2, 0.25) is 0 Å². The Bertz CT molecular complexity index is 342. The van der Waals surface area contributed by atoms with Gasteiger partial charge in [-0.1, -0.05) is 31.2 Å². The Kier molecular flexibility index (Phi) is 5.04. The van der Waals surface area contributed by atoms with Gasteiger partial charge in [0, 0.05) is 11.4 Å². The molecule has 2 atom stereocenters. The molecule has 17 heavy (non-hydrogen) atoms. The molecule has 1 aromatic carbocycles. The molecule has 0 radical (unpaired) electrons. The SMILES string of the molecule is CCc1ccc([C@H](C)N[S@@+]([O-])C(C)(C)C)cc1. The fourth-order valence-electron chi connectivity index (χ4n) is 1.45. The lowest BCUT2D eigenvalue weighted by Gasteiger charge is -2.26. The van der Waals surface area contributed by atoms with Gasteiger partial charge < -0.3 is 4.55 Å². The standard InChI is InChI=1S/C14H23NOS/c1-6-12-7-9-13(10-8-12)11(2)15-17(16)14(3,4)5/h7-11,15H,6H2,1-5H3/t11-,17-/m0/s1. The van der Waals surface area contributed by atoms with Gasteiger partial charge in [0.25, 0.3) is 0 Å². The molecule has 0 saturated carbocycles. The highest BCUT2D eigenvalue weighted by molar-refractivity contribution is 7.90. The van der Waals surface area contributed by atoms with Crippen molar-refractivity contribution in [1.29, 1.82) is 0 Å². The molecule has 3 heteroatoms. The van der Waals surface area contributed by atoms with Gasteiger partial charge in [-0.3, -0.25) is 0 Å². The Labute approximate surface area is 108 Å². The smallest absolute Gasteiger partial charge is 0.136 e. The molecular formula is C14H23NOS. The fourth-order valence-corrected chi connectivity index (χ4v) is 2.26. The summed E-state index contributed by atoms with van der Waals surface area (Å²) >= 11 is -1.03. The molecular weight excluding hydrogens is 230 g/mol. The van der Waals surface area contributed by atoms with Crippen LogP contribution in [0.15, 0.2) is 24.3 Å². The highest BCUT2D eigenvalue weighted by atomic mass is 32.2. The molecule has 96 valence electrons. The normalized spacial score (nSPS) is 15.6. The second kappa shape index (κ2) is 5.89. The molecule has 0 aliphatic rings. The Hall–Kier alpha value is -0.510. The number of aryl methyl sites for hydroxylation is 1. The van der Waals surface area contributed by atoms with Gasteiger partial charge in [0.2, 0.25) is 0 Å².